The average Bonchev–Trinajstić information content (AvgIpc) is 3.64. The molecule has 0 saturated heterocycles. The molecule has 0 unspecified atom stereocenters. The molecule has 0 aliphatic heterocycles. The van der Waals surface area contributed by atoms with Crippen molar-refractivity contribution in [2.45, 2.75) is 98.3 Å². The Morgan fingerprint density at radius 2 is 1.77 bits per heavy atom. The van der Waals surface area contributed by atoms with E-state index in [4.69, 9.17) is 4.98 Å². The molecule has 0 amide bonds. The van der Waals surface area contributed by atoms with Crippen LogP contribution in [-0.4, -0.2) is 29.8 Å². The van der Waals surface area contributed by atoms with Gasteiger partial charge in [-0.1, -0.05) is 65.2 Å². The van der Waals surface area contributed by atoms with E-state index >= 15 is 0 Å². The molecule has 0 aromatic carbocycles. The molecular weight excluding hydrogens is 512 g/mol. The van der Waals surface area contributed by atoms with E-state index in [1.807, 2.05) is 27.0 Å². The molecule has 0 fully saturated rings. The first-order valence-corrected chi connectivity index (χ1v) is 14.7. The minimum Gasteiger partial charge on any atom is -0.291 e. The van der Waals surface area contributed by atoms with Crippen LogP contribution < -0.4 is 5.56 Å². The summed E-state index contributed by atoms with van der Waals surface area (Å²) in [5.74, 6) is 0.998. The Labute approximate surface area is 232 Å². The van der Waals surface area contributed by atoms with Gasteiger partial charge in [-0.05, 0) is 44.4 Å². The number of thiazole rings is 1. The third kappa shape index (κ3) is 6.55. The van der Waals surface area contributed by atoms with Crippen LogP contribution >= 0.6 is 11.3 Å². The Balaban J connectivity index is 1.77. The zero-order valence-corrected chi connectivity index (χ0v) is 24.5. The minimum atomic E-state index is -0.319. The van der Waals surface area contributed by atoms with E-state index in [0.717, 1.165) is 49.9 Å². The summed E-state index contributed by atoms with van der Waals surface area (Å²) in [4.78, 5) is 24.3. The highest BCUT2D eigenvalue weighted by molar-refractivity contribution is 7.15. The summed E-state index contributed by atoms with van der Waals surface area (Å²) in [6, 6.07) is 1.80. The molecule has 4 heterocycles. The van der Waals surface area contributed by atoms with Crippen LogP contribution in [0.4, 0.5) is 22.3 Å². The number of hydrogen-bond acceptors (Lipinski definition) is 9. The maximum atomic E-state index is 13.7. The normalized spacial score (nSPS) is 12.4. The van der Waals surface area contributed by atoms with E-state index in [0.29, 0.717) is 40.3 Å². The number of unbranched alkanes of at least 4 members (excludes halogenated alkanes) is 1. The summed E-state index contributed by atoms with van der Waals surface area (Å²) in [6.07, 6.45) is 8.83. The quantitative estimate of drug-likeness (QED) is 0.161. The molecular formula is C27H38N10OS. The van der Waals surface area contributed by atoms with Gasteiger partial charge in [-0.3, -0.25) is 15.0 Å². The van der Waals surface area contributed by atoms with Crippen molar-refractivity contribution in [3.8, 4) is 0 Å². The van der Waals surface area contributed by atoms with Crippen LogP contribution in [0.25, 0.3) is 5.65 Å². The summed E-state index contributed by atoms with van der Waals surface area (Å²) < 4.78 is 1.40. The lowest BCUT2D eigenvalue weighted by Gasteiger charge is -2.11. The van der Waals surface area contributed by atoms with Gasteiger partial charge in [0.1, 0.15) is 0 Å². The van der Waals surface area contributed by atoms with Gasteiger partial charge in [-0.2, -0.15) is 9.61 Å². The number of aromatic nitrogens is 6. The first kappa shape index (κ1) is 28.5. The lowest BCUT2D eigenvalue weighted by atomic mass is 9.97. The van der Waals surface area contributed by atoms with Crippen LogP contribution in [0, 0.1) is 6.92 Å². The minimum absolute atomic E-state index is 0.0538. The summed E-state index contributed by atoms with van der Waals surface area (Å²) in [5.41, 5.74) is 3.08. The van der Waals surface area contributed by atoms with Crippen molar-refractivity contribution in [2.24, 2.45) is 20.5 Å². The Hall–Kier alpha value is -3.54. The third-order valence-corrected chi connectivity index (χ3v) is 7.59. The van der Waals surface area contributed by atoms with Gasteiger partial charge in [0, 0.05) is 22.8 Å². The number of nitrogens with one attached hydrogen (secondary N) is 2. The number of aryl methyl sites for hydroxylation is 2. The van der Waals surface area contributed by atoms with E-state index in [2.05, 4.69) is 61.5 Å². The van der Waals surface area contributed by atoms with Crippen LogP contribution in [0.1, 0.15) is 107 Å². The van der Waals surface area contributed by atoms with Crippen molar-refractivity contribution in [1.29, 1.82) is 0 Å². The maximum absolute atomic E-state index is 13.7. The molecule has 4 aromatic heterocycles. The topological polar surface area (TPSA) is 141 Å². The highest BCUT2D eigenvalue weighted by Crippen LogP contribution is 2.35. The second-order valence-corrected chi connectivity index (χ2v) is 11.2. The number of aromatic amines is 2. The second kappa shape index (κ2) is 13.0. The van der Waals surface area contributed by atoms with E-state index in [1.54, 1.807) is 17.4 Å². The molecule has 39 heavy (non-hydrogen) atoms. The van der Waals surface area contributed by atoms with Gasteiger partial charge in [0.25, 0.3) is 0 Å². The van der Waals surface area contributed by atoms with E-state index < -0.39 is 0 Å². The van der Waals surface area contributed by atoms with Gasteiger partial charge in [0.15, 0.2) is 22.8 Å². The van der Waals surface area contributed by atoms with Crippen molar-refractivity contribution >= 4 is 39.3 Å². The largest absolute Gasteiger partial charge is 0.300 e. The van der Waals surface area contributed by atoms with Crippen LogP contribution in [0.15, 0.2) is 37.5 Å². The monoisotopic (exact) mass is 550 g/mol. The van der Waals surface area contributed by atoms with Crippen LogP contribution in [0.5, 0.6) is 0 Å². The summed E-state index contributed by atoms with van der Waals surface area (Å²) >= 11 is 1.55. The van der Waals surface area contributed by atoms with Gasteiger partial charge >= 0.3 is 5.56 Å². The van der Waals surface area contributed by atoms with Gasteiger partial charge in [-0.25, -0.2) is 9.97 Å². The van der Waals surface area contributed by atoms with Crippen molar-refractivity contribution < 1.29 is 0 Å². The Kier molecular flexibility index (Phi) is 9.50. The smallest absolute Gasteiger partial charge is 0.291 e. The van der Waals surface area contributed by atoms with Crippen molar-refractivity contribution in [3.05, 3.63) is 44.6 Å². The molecule has 4 rings (SSSR count). The summed E-state index contributed by atoms with van der Waals surface area (Å²) in [7, 11) is 0. The Morgan fingerprint density at radius 3 is 2.41 bits per heavy atom. The Morgan fingerprint density at radius 1 is 1.03 bits per heavy atom. The number of nitrogens with zero attached hydrogens (tertiary/aromatic N) is 8. The van der Waals surface area contributed by atoms with Crippen molar-refractivity contribution in [1.82, 2.24) is 29.8 Å². The van der Waals surface area contributed by atoms with E-state index in [9.17, 15) is 4.79 Å². The zero-order chi connectivity index (χ0) is 27.9. The van der Waals surface area contributed by atoms with E-state index in [1.165, 1.54) is 9.39 Å². The number of fused-ring (bicyclic) bond motifs is 1. The molecule has 12 heteroatoms. The lowest BCUT2D eigenvalue weighted by Crippen LogP contribution is -2.17. The number of H-pyrrole nitrogens is 2. The highest BCUT2D eigenvalue weighted by atomic mass is 32.1. The first-order chi connectivity index (χ1) is 18.9. The molecule has 0 aliphatic carbocycles. The van der Waals surface area contributed by atoms with Gasteiger partial charge < -0.3 is 0 Å². The molecule has 0 aliphatic rings. The number of azo groups is 2. The number of rotatable bonds is 13. The Bertz CT molecular complexity index is 1500. The summed E-state index contributed by atoms with van der Waals surface area (Å²) in [6.45, 7) is 12.5. The zero-order valence-electron chi connectivity index (χ0n) is 23.7. The predicted molar refractivity (Wildman–Crippen MR) is 155 cm³/mol. The highest BCUT2D eigenvalue weighted by Gasteiger charge is 2.22. The molecule has 2 N–H and O–H groups in total. The summed E-state index contributed by atoms with van der Waals surface area (Å²) in [5, 5.41) is 28.3. The molecule has 208 valence electrons. The lowest BCUT2D eigenvalue weighted by molar-refractivity contribution is 0.568. The SMILES string of the molecule is CCCCc1nc2c(N=Nc3cc(C)[nH]n3)c(C(C)C)[nH]n2c(=O)c1N=Nc1ncc(C(CCC)CCC)s1. The third-order valence-electron chi connectivity index (χ3n) is 6.54. The van der Waals surface area contributed by atoms with Gasteiger partial charge in [-0.15, -0.1) is 20.5 Å². The molecule has 0 saturated carbocycles. The van der Waals surface area contributed by atoms with Crippen LogP contribution in [0.3, 0.4) is 0 Å². The maximum Gasteiger partial charge on any atom is 0.300 e. The molecule has 4 aromatic rings. The molecule has 0 atom stereocenters. The standard InChI is InChI=1S/C27H38N10OS/c1-7-10-13-19-23(33-35-27-28-15-20(39-27)18(11-8-2)12-9-3)26(38)37-25(29-19)24(22(36-37)16(4)5)34-32-21-14-17(6)30-31-21/h14-16,18,36H,7-13H2,1-6H3,(H,30,31). The van der Waals surface area contributed by atoms with Gasteiger partial charge in [0.05, 0.1) is 11.4 Å². The number of hydrogen-bond donors (Lipinski definition) is 2. The van der Waals surface area contributed by atoms with E-state index in [-0.39, 0.29) is 17.2 Å². The van der Waals surface area contributed by atoms with Crippen molar-refractivity contribution in [3.63, 3.8) is 0 Å². The van der Waals surface area contributed by atoms with Crippen LogP contribution in [0.2, 0.25) is 0 Å². The fourth-order valence-corrected chi connectivity index (χ4v) is 5.43. The molecule has 0 spiro atoms. The fraction of sp³-hybridized carbons (Fsp3) is 0.556. The molecule has 0 bridgehead atoms. The second-order valence-electron chi connectivity index (χ2n) is 10.1. The average molecular weight is 551 g/mol. The van der Waals surface area contributed by atoms with Gasteiger partial charge in [0.2, 0.25) is 5.13 Å². The molecule has 11 nitrogen and oxygen atoms in total. The predicted octanol–water partition coefficient (Wildman–Crippen LogP) is 8.49. The molecule has 0 radical (unpaired) electrons. The first-order valence-electron chi connectivity index (χ1n) is 13.8. The fourth-order valence-electron chi connectivity index (χ4n) is 4.52. The van der Waals surface area contributed by atoms with Crippen molar-refractivity contribution in [2.75, 3.05) is 0 Å². The van der Waals surface area contributed by atoms with Crippen LogP contribution in [-0.2, 0) is 6.42 Å².